The smallest absolute Gasteiger partial charge is 0.414 e. The molecule has 2 atom stereocenters. The summed E-state index contributed by atoms with van der Waals surface area (Å²) in [4.78, 5) is 16.7. The normalized spacial score (nSPS) is 29.5. The Hall–Kier alpha value is -1.62. The summed E-state index contributed by atoms with van der Waals surface area (Å²) in [5, 5.41) is 0. The number of amides is 1. The van der Waals surface area contributed by atoms with Crippen molar-refractivity contribution in [2.45, 2.75) is 57.0 Å². The van der Waals surface area contributed by atoms with Crippen molar-refractivity contribution in [2.24, 2.45) is 11.8 Å². The van der Waals surface area contributed by atoms with Crippen LogP contribution in [0.25, 0.3) is 0 Å². The molecule has 1 heterocycles. The van der Waals surface area contributed by atoms with Gasteiger partial charge in [0.2, 0.25) is 0 Å². The van der Waals surface area contributed by atoms with Gasteiger partial charge in [-0.05, 0) is 68.2 Å². The fourth-order valence-corrected chi connectivity index (χ4v) is 5.45. The third-order valence-electron chi connectivity index (χ3n) is 6.72. The molecule has 2 aliphatic carbocycles. The van der Waals surface area contributed by atoms with Crippen LogP contribution >= 0.6 is 0 Å². The van der Waals surface area contributed by atoms with E-state index < -0.39 is 0 Å². The van der Waals surface area contributed by atoms with Crippen LogP contribution in [-0.4, -0.2) is 43.3 Å². The molecular weight excluding hydrogens is 331 g/mol. The van der Waals surface area contributed by atoms with Gasteiger partial charge in [-0.1, -0.05) is 12.8 Å². The van der Waals surface area contributed by atoms with E-state index in [0.29, 0.717) is 5.69 Å². The van der Waals surface area contributed by atoms with E-state index in [2.05, 4.69) is 4.90 Å². The number of carbonyl (C=O) groups is 1. The Bertz CT molecular complexity index is 615. The number of likely N-dealkylation sites (tertiary alicyclic amines) is 1. The van der Waals surface area contributed by atoms with Gasteiger partial charge < -0.3 is 9.64 Å². The summed E-state index contributed by atoms with van der Waals surface area (Å²) in [6.45, 7) is 2.06. The highest BCUT2D eigenvalue weighted by molar-refractivity contribution is 5.88. The van der Waals surface area contributed by atoms with E-state index in [-0.39, 0.29) is 18.0 Å². The molecule has 0 radical (unpaired) electrons. The fraction of sp³-hybridized carbons (Fsp3) is 0.667. The molecule has 4 rings (SSSR count). The third-order valence-corrected chi connectivity index (χ3v) is 6.72. The van der Waals surface area contributed by atoms with Crippen LogP contribution in [0.2, 0.25) is 0 Å². The van der Waals surface area contributed by atoms with Gasteiger partial charge in [-0.25, -0.2) is 9.18 Å². The third kappa shape index (κ3) is 3.59. The molecule has 2 bridgehead atoms. The minimum Gasteiger partial charge on any atom is -0.452 e. The molecule has 1 saturated heterocycles. The molecule has 4 nitrogen and oxygen atoms in total. The molecule has 0 spiro atoms. The summed E-state index contributed by atoms with van der Waals surface area (Å²) in [5.41, 5.74) is 0.715. The number of fused-ring (bicyclic) bond motifs is 2. The Kier molecular flexibility index (Phi) is 5.16. The van der Waals surface area contributed by atoms with Crippen molar-refractivity contribution in [3.8, 4) is 0 Å². The molecule has 26 heavy (non-hydrogen) atoms. The number of methoxy groups -OCH3 is 1. The number of rotatable bonds is 3. The minimum atomic E-state index is -0.356. The number of ether oxygens (including phenoxy) is 1. The highest BCUT2D eigenvalue weighted by Gasteiger charge is 2.38. The van der Waals surface area contributed by atoms with Crippen LogP contribution in [0.5, 0.6) is 0 Å². The molecule has 2 unspecified atom stereocenters. The number of anilines is 1. The number of hydrogen-bond donors (Lipinski definition) is 0. The molecule has 3 fully saturated rings. The number of halogens is 1. The van der Waals surface area contributed by atoms with E-state index >= 15 is 0 Å². The van der Waals surface area contributed by atoms with Gasteiger partial charge in [-0.3, -0.25) is 4.90 Å². The highest BCUT2D eigenvalue weighted by atomic mass is 19.1. The van der Waals surface area contributed by atoms with Crippen molar-refractivity contribution in [3.63, 3.8) is 0 Å². The lowest BCUT2D eigenvalue weighted by atomic mass is 9.84. The Balaban J connectivity index is 1.41. The van der Waals surface area contributed by atoms with Crippen molar-refractivity contribution >= 4 is 11.8 Å². The van der Waals surface area contributed by atoms with Crippen LogP contribution in [0.1, 0.15) is 44.9 Å². The predicted octanol–water partition coefficient (Wildman–Crippen LogP) is 4.44. The quantitative estimate of drug-likeness (QED) is 0.799. The Morgan fingerprint density at radius 1 is 1.04 bits per heavy atom. The van der Waals surface area contributed by atoms with Gasteiger partial charge in [-0.2, -0.15) is 0 Å². The summed E-state index contributed by atoms with van der Waals surface area (Å²) >= 11 is 0. The van der Waals surface area contributed by atoms with Crippen molar-refractivity contribution in [3.05, 3.63) is 30.1 Å². The van der Waals surface area contributed by atoms with Crippen molar-refractivity contribution in [2.75, 3.05) is 25.1 Å². The topological polar surface area (TPSA) is 32.8 Å². The lowest BCUT2D eigenvalue weighted by molar-refractivity contribution is 0.0962. The van der Waals surface area contributed by atoms with E-state index in [0.717, 1.165) is 43.8 Å². The molecule has 0 aromatic heterocycles. The Morgan fingerprint density at radius 2 is 1.65 bits per heavy atom. The summed E-state index contributed by atoms with van der Waals surface area (Å²) in [5.74, 6) is 1.60. The standard InChI is InChI=1S/C21H29FN2O2/c1-26-21(25)24(18-6-4-17(22)5-7-18)19-8-10-23(11-9-19)20-13-15-2-3-16(12-15)14-20/h4-7,15-16,19-20H,2-3,8-14H2,1H3. The first-order valence-corrected chi connectivity index (χ1v) is 10.0. The molecule has 0 N–H and O–H groups in total. The van der Waals surface area contributed by atoms with Crippen LogP contribution in [0.4, 0.5) is 14.9 Å². The SMILES string of the molecule is COC(=O)N(c1ccc(F)cc1)C1CCN(C2CC3CCC(C3)C2)CC1. The lowest BCUT2D eigenvalue weighted by Gasteiger charge is -2.43. The molecule has 1 aromatic rings. The Morgan fingerprint density at radius 3 is 2.23 bits per heavy atom. The first-order chi connectivity index (χ1) is 12.6. The van der Waals surface area contributed by atoms with Gasteiger partial charge in [0.15, 0.2) is 0 Å². The van der Waals surface area contributed by atoms with Crippen LogP contribution in [0.15, 0.2) is 24.3 Å². The van der Waals surface area contributed by atoms with Gasteiger partial charge in [0.1, 0.15) is 5.82 Å². The maximum absolute atomic E-state index is 13.3. The lowest BCUT2D eigenvalue weighted by Crippen LogP contribution is -2.51. The zero-order chi connectivity index (χ0) is 18.1. The van der Waals surface area contributed by atoms with E-state index in [1.807, 2.05) is 0 Å². The summed E-state index contributed by atoms with van der Waals surface area (Å²) in [7, 11) is 1.41. The molecule has 1 aromatic carbocycles. The molecular formula is C21H29FN2O2. The van der Waals surface area contributed by atoms with Crippen LogP contribution in [-0.2, 0) is 4.74 Å². The molecule has 2 saturated carbocycles. The van der Waals surface area contributed by atoms with Gasteiger partial charge in [0.05, 0.1) is 7.11 Å². The van der Waals surface area contributed by atoms with Crippen LogP contribution in [0.3, 0.4) is 0 Å². The molecule has 142 valence electrons. The van der Waals surface area contributed by atoms with Crippen LogP contribution in [0, 0.1) is 17.7 Å². The number of carbonyl (C=O) groups excluding carboxylic acids is 1. The van der Waals surface area contributed by atoms with E-state index in [1.54, 1.807) is 17.0 Å². The van der Waals surface area contributed by atoms with Gasteiger partial charge >= 0.3 is 6.09 Å². The zero-order valence-corrected chi connectivity index (χ0v) is 15.6. The maximum Gasteiger partial charge on any atom is 0.414 e. The number of piperidine rings is 1. The predicted molar refractivity (Wildman–Crippen MR) is 99.7 cm³/mol. The monoisotopic (exact) mass is 360 g/mol. The van der Waals surface area contributed by atoms with E-state index in [1.165, 1.54) is 51.3 Å². The van der Waals surface area contributed by atoms with Crippen LogP contribution < -0.4 is 4.90 Å². The molecule has 5 heteroatoms. The summed E-state index contributed by atoms with van der Waals surface area (Å²) in [6, 6.07) is 6.98. The minimum absolute atomic E-state index is 0.115. The fourth-order valence-electron chi connectivity index (χ4n) is 5.45. The second-order valence-electron chi connectivity index (χ2n) is 8.25. The molecule has 1 amide bonds. The maximum atomic E-state index is 13.3. The van der Waals surface area contributed by atoms with Gasteiger partial charge in [0, 0.05) is 30.9 Å². The second kappa shape index (κ2) is 7.55. The highest BCUT2D eigenvalue weighted by Crippen LogP contribution is 2.44. The average molecular weight is 360 g/mol. The first-order valence-electron chi connectivity index (χ1n) is 10.0. The van der Waals surface area contributed by atoms with Crippen molar-refractivity contribution in [1.82, 2.24) is 4.90 Å². The average Bonchev–Trinajstić information content (AvgIpc) is 3.01. The largest absolute Gasteiger partial charge is 0.452 e. The number of hydrogen-bond acceptors (Lipinski definition) is 3. The summed E-state index contributed by atoms with van der Waals surface area (Å²) in [6.07, 6.45) is 8.56. The number of nitrogens with zero attached hydrogens (tertiary/aromatic N) is 2. The molecule has 1 aliphatic heterocycles. The van der Waals surface area contributed by atoms with E-state index in [4.69, 9.17) is 4.74 Å². The van der Waals surface area contributed by atoms with Crippen molar-refractivity contribution < 1.29 is 13.9 Å². The van der Waals surface area contributed by atoms with Gasteiger partial charge in [-0.15, -0.1) is 0 Å². The summed E-state index contributed by atoms with van der Waals surface area (Å²) < 4.78 is 18.3. The van der Waals surface area contributed by atoms with Gasteiger partial charge in [0.25, 0.3) is 0 Å². The zero-order valence-electron chi connectivity index (χ0n) is 15.6. The van der Waals surface area contributed by atoms with E-state index in [9.17, 15) is 9.18 Å². The second-order valence-corrected chi connectivity index (χ2v) is 8.25. The van der Waals surface area contributed by atoms with Crippen molar-refractivity contribution in [1.29, 1.82) is 0 Å². The first kappa shape index (κ1) is 17.8. The number of benzene rings is 1. The Labute approximate surface area is 155 Å². The molecule has 3 aliphatic rings.